The standard InChI is InChI=1S/C14H19N3O4S/c1-9(2)17-22(18,19)12-7-5-6-11(8-12)13-15-14(21-16-13)10(3)20-4/h5-10,17H,1-4H3/t10-/m0/s1. The van der Waals surface area contributed by atoms with Gasteiger partial charge in [-0.15, -0.1) is 0 Å². The van der Waals surface area contributed by atoms with Gasteiger partial charge in [0.05, 0.1) is 4.90 Å². The molecule has 2 aromatic rings. The number of hydrogen-bond donors (Lipinski definition) is 1. The number of aromatic nitrogens is 2. The van der Waals surface area contributed by atoms with Gasteiger partial charge in [0.15, 0.2) is 0 Å². The minimum Gasteiger partial charge on any atom is -0.372 e. The smallest absolute Gasteiger partial charge is 0.255 e. The molecule has 2 rings (SSSR count). The van der Waals surface area contributed by atoms with E-state index in [2.05, 4.69) is 14.9 Å². The van der Waals surface area contributed by atoms with E-state index in [1.165, 1.54) is 12.1 Å². The molecule has 22 heavy (non-hydrogen) atoms. The van der Waals surface area contributed by atoms with Crippen molar-refractivity contribution in [2.24, 2.45) is 0 Å². The molecule has 120 valence electrons. The minimum atomic E-state index is -3.57. The lowest BCUT2D eigenvalue weighted by molar-refractivity contribution is 0.0886. The summed E-state index contributed by atoms with van der Waals surface area (Å²) in [6, 6.07) is 6.21. The highest BCUT2D eigenvalue weighted by Crippen LogP contribution is 2.22. The van der Waals surface area contributed by atoms with Gasteiger partial charge < -0.3 is 9.26 Å². The van der Waals surface area contributed by atoms with Crippen LogP contribution in [0, 0.1) is 0 Å². The van der Waals surface area contributed by atoms with E-state index in [1.54, 1.807) is 40.0 Å². The molecule has 1 aromatic carbocycles. The molecule has 0 saturated heterocycles. The van der Waals surface area contributed by atoms with Crippen LogP contribution < -0.4 is 4.72 Å². The van der Waals surface area contributed by atoms with Crippen LogP contribution in [-0.2, 0) is 14.8 Å². The largest absolute Gasteiger partial charge is 0.372 e. The summed E-state index contributed by atoms with van der Waals surface area (Å²) in [5, 5.41) is 3.86. The van der Waals surface area contributed by atoms with Crippen molar-refractivity contribution >= 4 is 10.0 Å². The fourth-order valence-corrected chi connectivity index (χ4v) is 3.10. The first kappa shape index (κ1) is 16.6. The Bertz CT molecular complexity index is 740. The monoisotopic (exact) mass is 325 g/mol. The van der Waals surface area contributed by atoms with E-state index in [-0.39, 0.29) is 17.0 Å². The Hall–Kier alpha value is -1.77. The molecule has 8 heteroatoms. The van der Waals surface area contributed by atoms with Crippen LogP contribution in [0.4, 0.5) is 0 Å². The number of rotatable bonds is 6. The van der Waals surface area contributed by atoms with E-state index in [9.17, 15) is 8.42 Å². The maximum absolute atomic E-state index is 12.2. The maximum Gasteiger partial charge on any atom is 0.255 e. The molecular formula is C14H19N3O4S. The van der Waals surface area contributed by atoms with Gasteiger partial charge in [-0.25, -0.2) is 13.1 Å². The van der Waals surface area contributed by atoms with Crippen molar-refractivity contribution in [2.75, 3.05) is 7.11 Å². The molecule has 0 aliphatic rings. The Balaban J connectivity index is 2.34. The van der Waals surface area contributed by atoms with E-state index < -0.39 is 10.0 Å². The van der Waals surface area contributed by atoms with Gasteiger partial charge in [0.25, 0.3) is 5.89 Å². The van der Waals surface area contributed by atoms with Crippen LogP contribution in [0.1, 0.15) is 32.8 Å². The number of ether oxygens (including phenoxy) is 1. The zero-order chi connectivity index (χ0) is 16.3. The molecule has 1 heterocycles. The summed E-state index contributed by atoms with van der Waals surface area (Å²) in [6.45, 7) is 5.31. The van der Waals surface area contributed by atoms with Crippen LogP contribution in [0.25, 0.3) is 11.4 Å². The van der Waals surface area contributed by atoms with Crippen LogP contribution in [0.2, 0.25) is 0 Å². The second kappa shape index (κ2) is 6.55. The van der Waals surface area contributed by atoms with Crippen LogP contribution in [-0.4, -0.2) is 31.7 Å². The average molecular weight is 325 g/mol. The zero-order valence-electron chi connectivity index (χ0n) is 12.9. The molecule has 1 N–H and O–H groups in total. The summed E-state index contributed by atoms with van der Waals surface area (Å²) in [5.74, 6) is 0.659. The van der Waals surface area contributed by atoms with Gasteiger partial charge >= 0.3 is 0 Å². The molecule has 0 fully saturated rings. The van der Waals surface area contributed by atoms with Crippen molar-refractivity contribution in [3.8, 4) is 11.4 Å². The lowest BCUT2D eigenvalue weighted by Gasteiger charge is -2.09. The number of hydrogen-bond acceptors (Lipinski definition) is 6. The first-order chi connectivity index (χ1) is 10.3. The van der Waals surface area contributed by atoms with Gasteiger partial charge in [0.1, 0.15) is 6.10 Å². The summed E-state index contributed by atoms with van der Waals surface area (Å²) in [6.07, 6.45) is -0.323. The van der Waals surface area contributed by atoms with Crippen molar-refractivity contribution in [1.29, 1.82) is 0 Å². The molecule has 0 radical (unpaired) electrons. The highest BCUT2D eigenvalue weighted by Gasteiger charge is 2.18. The maximum atomic E-state index is 12.2. The first-order valence-corrected chi connectivity index (χ1v) is 8.31. The number of nitrogens with zero attached hydrogens (tertiary/aromatic N) is 2. The van der Waals surface area contributed by atoms with E-state index in [4.69, 9.17) is 9.26 Å². The van der Waals surface area contributed by atoms with Gasteiger partial charge in [-0.1, -0.05) is 17.3 Å². The Morgan fingerprint density at radius 1 is 1.27 bits per heavy atom. The second-order valence-corrected chi connectivity index (χ2v) is 6.85. The molecule has 1 atom stereocenters. The van der Waals surface area contributed by atoms with Crippen molar-refractivity contribution in [2.45, 2.75) is 37.8 Å². The van der Waals surface area contributed by atoms with E-state index in [0.717, 1.165) is 0 Å². The van der Waals surface area contributed by atoms with Crippen LogP contribution in [0.5, 0.6) is 0 Å². The van der Waals surface area contributed by atoms with Crippen molar-refractivity contribution < 1.29 is 17.7 Å². The van der Waals surface area contributed by atoms with Crippen molar-refractivity contribution in [3.05, 3.63) is 30.2 Å². The zero-order valence-corrected chi connectivity index (χ0v) is 13.7. The van der Waals surface area contributed by atoms with Crippen LogP contribution in [0.15, 0.2) is 33.7 Å². The summed E-state index contributed by atoms with van der Waals surface area (Å²) in [4.78, 5) is 4.37. The molecule has 0 saturated carbocycles. The molecule has 0 aliphatic carbocycles. The predicted octanol–water partition coefficient (Wildman–Crippen LogP) is 2.13. The average Bonchev–Trinajstić information content (AvgIpc) is 2.95. The highest BCUT2D eigenvalue weighted by atomic mass is 32.2. The Morgan fingerprint density at radius 3 is 2.64 bits per heavy atom. The first-order valence-electron chi connectivity index (χ1n) is 6.82. The normalized spacial score (nSPS) is 13.5. The van der Waals surface area contributed by atoms with Crippen LogP contribution in [0.3, 0.4) is 0 Å². The van der Waals surface area contributed by atoms with Gasteiger partial charge in [0, 0.05) is 18.7 Å². The number of benzene rings is 1. The lowest BCUT2D eigenvalue weighted by Crippen LogP contribution is -2.30. The molecule has 0 spiro atoms. The van der Waals surface area contributed by atoms with Crippen molar-refractivity contribution in [1.82, 2.24) is 14.9 Å². The van der Waals surface area contributed by atoms with Gasteiger partial charge in [-0.05, 0) is 32.9 Å². The van der Waals surface area contributed by atoms with E-state index in [0.29, 0.717) is 17.3 Å². The summed E-state index contributed by atoms with van der Waals surface area (Å²) < 4.78 is 37.1. The Labute approximate surface area is 129 Å². The van der Waals surface area contributed by atoms with Gasteiger partial charge in [-0.2, -0.15) is 4.98 Å². The molecule has 0 amide bonds. The topological polar surface area (TPSA) is 94.3 Å². The van der Waals surface area contributed by atoms with Crippen LogP contribution >= 0.6 is 0 Å². The number of sulfonamides is 1. The van der Waals surface area contributed by atoms with Gasteiger partial charge in [-0.3, -0.25) is 0 Å². The second-order valence-electron chi connectivity index (χ2n) is 5.14. The fraction of sp³-hybridized carbons (Fsp3) is 0.429. The minimum absolute atomic E-state index is 0.157. The molecule has 0 bridgehead atoms. The summed E-state index contributed by atoms with van der Waals surface area (Å²) in [5.41, 5.74) is 0.560. The van der Waals surface area contributed by atoms with E-state index in [1.807, 2.05) is 0 Å². The predicted molar refractivity (Wildman–Crippen MR) is 80.6 cm³/mol. The summed E-state index contributed by atoms with van der Waals surface area (Å²) in [7, 11) is -2.02. The Kier molecular flexibility index (Phi) is 4.94. The van der Waals surface area contributed by atoms with E-state index >= 15 is 0 Å². The molecule has 7 nitrogen and oxygen atoms in total. The quantitative estimate of drug-likeness (QED) is 0.874. The molecular weight excluding hydrogens is 306 g/mol. The highest BCUT2D eigenvalue weighted by molar-refractivity contribution is 7.89. The lowest BCUT2D eigenvalue weighted by atomic mass is 10.2. The van der Waals surface area contributed by atoms with Crippen molar-refractivity contribution in [3.63, 3.8) is 0 Å². The fourth-order valence-electron chi connectivity index (χ4n) is 1.80. The summed E-state index contributed by atoms with van der Waals surface area (Å²) >= 11 is 0. The third kappa shape index (κ3) is 3.70. The Morgan fingerprint density at radius 2 is 2.00 bits per heavy atom. The third-order valence-corrected chi connectivity index (χ3v) is 4.59. The molecule has 0 unspecified atom stereocenters. The van der Waals surface area contributed by atoms with Gasteiger partial charge in [0.2, 0.25) is 15.8 Å². The molecule has 1 aromatic heterocycles. The third-order valence-electron chi connectivity index (χ3n) is 2.94. The number of methoxy groups -OCH3 is 1. The number of nitrogens with one attached hydrogen (secondary N) is 1. The SMILES string of the molecule is CO[C@@H](C)c1nc(-c2cccc(S(=O)(=O)NC(C)C)c2)no1. The molecule has 0 aliphatic heterocycles.